The average molecular weight is 454 g/mol. The topological polar surface area (TPSA) is 59.9 Å². The summed E-state index contributed by atoms with van der Waals surface area (Å²) in [7, 11) is 0. The fraction of sp³-hybridized carbons (Fsp3) is 0.944. The molecule has 0 saturated carbocycles. The van der Waals surface area contributed by atoms with Crippen LogP contribution in [0.5, 0.6) is 0 Å². The molecule has 1 fully saturated rings. The molecule has 5 nitrogen and oxygen atoms in total. The highest BCUT2D eigenvalue weighted by Crippen LogP contribution is 2.20. The Hall–Kier alpha value is -0.0800. The maximum Gasteiger partial charge on any atom is 0.191 e. The number of guanidine groups is 1. The smallest absolute Gasteiger partial charge is 0.191 e. The number of hydrogen-bond acceptors (Lipinski definition) is 3. The molecule has 0 aromatic carbocycles. The van der Waals surface area contributed by atoms with Gasteiger partial charge in [-0.05, 0) is 45.7 Å². The minimum absolute atomic E-state index is 0. The molecule has 0 aromatic heterocycles. The van der Waals surface area contributed by atoms with Crippen LogP contribution < -0.4 is 10.6 Å². The predicted molar refractivity (Wildman–Crippen MR) is 114 cm³/mol. The third-order valence-corrected chi connectivity index (χ3v) is 4.72. The molecule has 0 spiro atoms. The van der Waals surface area contributed by atoms with E-state index in [1.54, 1.807) is 0 Å². The molecule has 24 heavy (non-hydrogen) atoms. The van der Waals surface area contributed by atoms with E-state index in [0.717, 1.165) is 51.3 Å². The number of nitrogens with one attached hydrogen (secondary N) is 2. The van der Waals surface area contributed by atoms with Crippen molar-refractivity contribution in [2.75, 3.05) is 32.7 Å². The van der Waals surface area contributed by atoms with Crippen molar-refractivity contribution in [1.29, 1.82) is 0 Å². The van der Waals surface area contributed by atoms with Crippen molar-refractivity contribution in [1.82, 2.24) is 15.5 Å². The van der Waals surface area contributed by atoms with Crippen LogP contribution in [0.4, 0.5) is 0 Å². The van der Waals surface area contributed by atoms with Gasteiger partial charge >= 0.3 is 0 Å². The molecule has 1 unspecified atom stereocenters. The van der Waals surface area contributed by atoms with E-state index in [9.17, 15) is 5.11 Å². The first kappa shape index (κ1) is 23.9. The summed E-state index contributed by atoms with van der Waals surface area (Å²) in [5, 5.41) is 17.5. The van der Waals surface area contributed by atoms with Gasteiger partial charge in [0.1, 0.15) is 0 Å². The Balaban J connectivity index is 0.00000529. The number of aliphatic imine (C=N–C) groups is 1. The van der Waals surface area contributed by atoms with E-state index in [1.807, 2.05) is 0 Å². The molecule has 3 N–H and O–H groups in total. The first-order valence-electron chi connectivity index (χ1n) is 9.57. The second-order valence-corrected chi connectivity index (χ2v) is 6.73. The van der Waals surface area contributed by atoms with Gasteiger partial charge < -0.3 is 15.7 Å². The fourth-order valence-electron chi connectivity index (χ4n) is 3.54. The van der Waals surface area contributed by atoms with Gasteiger partial charge in [-0.1, -0.05) is 33.6 Å². The van der Waals surface area contributed by atoms with Gasteiger partial charge in [-0.3, -0.25) is 9.89 Å². The maximum atomic E-state index is 10.7. The Kier molecular flexibility index (Phi) is 13.1. The van der Waals surface area contributed by atoms with Gasteiger partial charge in [0.05, 0.1) is 12.1 Å². The lowest BCUT2D eigenvalue weighted by molar-refractivity contribution is 0.0306. The van der Waals surface area contributed by atoms with Crippen molar-refractivity contribution in [3.05, 3.63) is 0 Å². The highest BCUT2D eigenvalue weighted by Gasteiger charge is 2.25. The van der Waals surface area contributed by atoms with E-state index in [-0.39, 0.29) is 24.0 Å². The third kappa shape index (κ3) is 8.34. The van der Waals surface area contributed by atoms with Gasteiger partial charge in [-0.15, -0.1) is 24.0 Å². The number of hydrogen-bond donors (Lipinski definition) is 3. The van der Waals surface area contributed by atoms with Crippen molar-refractivity contribution in [2.24, 2.45) is 4.99 Å². The van der Waals surface area contributed by atoms with Gasteiger partial charge in [0.2, 0.25) is 0 Å². The van der Waals surface area contributed by atoms with E-state index in [1.165, 1.54) is 19.4 Å². The molecule has 1 saturated heterocycles. The molecule has 1 aliphatic rings. The highest BCUT2D eigenvalue weighted by atomic mass is 127. The zero-order chi connectivity index (χ0) is 17.1. The molecule has 1 rings (SSSR count). The SMILES string of the molecule is CCCC(O)(CCC)CN=C(NCC)NCC1CCCN1CC.I. The summed E-state index contributed by atoms with van der Waals surface area (Å²) in [5.74, 6) is 0.834. The Morgan fingerprint density at radius 1 is 1.17 bits per heavy atom. The molecule has 1 aliphatic heterocycles. The van der Waals surface area contributed by atoms with Crippen LogP contribution in [0.1, 0.15) is 66.2 Å². The fourth-order valence-corrected chi connectivity index (χ4v) is 3.54. The Labute approximate surface area is 166 Å². The molecule has 0 aliphatic carbocycles. The molecule has 1 atom stereocenters. The molecular formula is C18H39IN4O. The largest absolute Gasteiger partial charge is 0.388 e. The molecule has 6 heteroatoms. The summed E-state index contributed by atoms with van der Waals surface area (Å²) < 4.78 is 0. The first-order chi connectivity index (χ1) is 11.1. The number of halogens is 1. The van der Waals surface area contributed by atoms with Crippen LogP contribution in [0, 0.1) is 0 Å². The summed E-state index contributed by atoms with van der Waals surface area (Å²) in [4.78, 5) is 7.19. The first-order valence-corrected chi connectivity index (χ1v) is 9.57. The summed E-state index contributed by atoms with van der Waals surface area (Å²) in [5.41, 5.74) is -0.658. The van der Waals surface area contributed by atoms with E-state index >= 15 is 0 Å². The van der Waals surface area contributed by atoms with Crippen LogP contribution in [0.2, 0.25) is 0 Å². The Bertz CT molecular complexity index is 346. The predicted octanol–water partition coefficient (Wildman–Crippen LogP) is 2.98. The molecule has 1 heterocycles. The monoisotopic (exact) mass is 454 g/mol. The normalized spacial score (nSPS) is 19.2. The highest BCUT2D eigenvalue weighted by molar-refractivity contribution is 14.0. The standard InChI is InChI=1S/C18H38N4O.HI/c1-5-11-18(23,12-6-2)15-21-17(19-7-3)20-14-16-10-9-13-22(16)8-4;/h16,23H,5-15H2,1-4H3,(H2,19,20,21);1H. The van der Waals surface area contributed by atoms with Gasteiger partial charge in [-0.25, -0.2) is 0 Å². The van der Waals surface area contributed by atoms with E-state index < -0.39 is 5.60 Å². The van der Waals surface area contributed by atoms with Gasteiger partial charge in [-0.2, -0.15) is 0 Å². The van der Waals surface area contributed by atoms with Gasteiger partial charge in [0, 0.05) is 19.1 Å². The van der Waals surface area contributed by atoms with Crippen LogP contribution in [0.15, 0.2) is 4.99 Å². The summed E-state index contributed by atoms with van der Waals surface area (Å²) in [6, 6.07) is 0.606. The summed E-state index contributed by atoms with van der Waals surface area (Å²) in [6.07, 6.45) is 6.16. The number of likely N-dealkylation sites (N-methyl/N-ethyl adjacent to an activating group) is 1. The number of likely N-dealkylation sites (tertiary alicyclic amines) is 1. The second kappa shape index (κ2) is 13.2. The molecule has 0 bridgehead atoms. The second-order valence-electron chi connectivity index (χ2n) is 6.73. The average Bonchev–Trinajstić information content (AvgIpc) is 2.98. The minimum Gasteiger partial charge on any atom is -0.388 e. The van der Waals surface area contributed by atoms with E-state index in [0.29, 0.717) is 12.6 Å². The van der Waals surface area contributed by atoms with Crippen molar-refractivity contribution < 1.29 is 5.11 Å². The summed E-state index contributed by atoms with van der Waals surface area (Å²) in [6.45, 7) is 13.1. The van der Waals surface area contributed by atoms with Crippen LogP contribution in [0.25, 0.3) is 0 Å². The molecule has 0 radical (unpaired) electrons. The van der Waals surface area contributed by atoms with Crippen molar-refractivity contribution >= 4 is 29.9 Å². The lowest BCUT2D eigenvalue weighted by Crippen LogP contribution is -2.45. The Morgan fingerprint density at radius 3 is 2.38 bits per heavy atom. The van der Waals surface area contributed by atoms with E-state index in [2.05, 4.69) is 48.2 Å². The quantitative estimate of drug-likeness (QED) is 0.270. The van der Waals surface area contributed by atoms with Crippen molar-refractivity contribution in [3.8, 4) is 0 Å². The maximum absolute atomic E-state index is 10.7. The third-order valence-electron chi connectivity index (χ3n) is 4.72. The molecule has 0 amide bonds. The lowest BCUT2D eigenvalue weighted by atomic mass is 9.93. The number of nitrogens with zero attached hydrogens (tertiary/aromatic N) is 2. The van der Waals surface area contributed by atoms with Crippen LogP contribution in [0.3, 0.4) is 0 Å². The van der Waals surface area contributed by atoms with Crippen molar-refractivity contribution in [3.63, 3.8) is 0 Å². The van der Waals surface area contributed by atoms with E-state index in [4.69, 9.17) is 0 Å². The Morgan fingerprint density at radius 2 is 1.83 bits per heavy atom. The zero-order valence-corrected chi connectivity index (χ0v) is 18.4. The van der Waals surface area contributed by atoms with Gasteiger partial charge in [0.15, 0.2) is 5.96 Å². The number of aliphatic hydroxyl groups is 1. The lowest BCUT2D eigenvalue weighted by Gasteiger charge is -2.27. The molecule has 144 valence electrons. The van der Waals surface area contributed by atoms with Crippen LogP contribution in [-0.2, 0) is 0 Å². The van der Waals surface area contributed by atoms with Gasteiger partial charge in [0.25, 0.3) is 0 Å². The molecular weight excluding hydrogens is 415 g/mol. The summed E-state index contributed by atoms with van der Waals surface area (Å²) >= 11 is 0. The molecule has 0 aromatic rings. The van der Waals surface area contributed by atoms with Crippen LogP contribution in [-0.4, -0.2) is 60.3 Å². The number of rotatable bonds is 10. The van der Waals surface area contributed by atoms with Crippen molar-refractivity contribution in [2.45, 2.75) is 77.9 Å². The van der Waals surface area contributed by atoms with Crippen LogP contribution >= 0.6 is 24.0 Å². The minimum atomic E-state index is -0.658. The zero-order valence-electron chi connectivity index (χ0n) is 16.1.